The van der Waals surface area contributed by atoms with Gasteiger partial charge < -0.3 is 19.7 Å². The molecule has 1 aliphatic rings. The molecule has 1 saturated heterocycles. The molecule has 1 unspecified atom stereocenters. The molecule has 0 aliphatic carbocycles. The molecule has 8 heteroatoms. The van der Waals surface area contributed by atoms with E-state index in [4.69, 9.17) is 16.3 Å². The third-order valence-electron chi connectivity index (χ3n) is 3.42. The Bertz CT molecular complexity index is 611. The average Bonchev–Trinajstić information content (AvgIpc) is 2.74. The van der Waals surface area contributed by atoms with Crippen LogP contribution in [0.1, 0.15) is 23.7 Å². The maximum Gasteiger partial charge on any atom is 0.340 e. The minimum absolute atomic E-state index is 0.0642. The lowest BCUT2D eigenvalue weighted by Gasteiger charge is -2.22. The fourth-order valence-electron chi connectivity index (χ4n) is 2.30. The molecule has 1 aromatic carbocycles. The molecular weight excluding hydrogens is 327 g/mol. The second-order valence-electron chi connectivity index (χ2n) is 5.22. The molecule has 1 N–H and O–H groups in total. The molecule has 2 rings (SSSR count). The van der Waals surface area contributed by atoms with Crippen LogP contribution < -0.4 is 5.32 Å². The summed E-state index contributed by atoms with van der Waals surface area (Å²) in [6.45, 7) is 3.48. The first kappa shape index (κ1) is 17.5. The summed E-state index contributed by atoms with van der Waals surface area (Å²) in [7, 11) is 1.14. The van der Waals surface area contributed by atoms with Gasteiger partial charge in [0, 0.05) is 25.4 Å². The molecule has 1 aliphatic heterocycles. The number of halogens is 2. The molecule has 1 heterocycles. The first-order valence-electron chi connectivity index (χ1n) is 7.17. The Hall–Kier alpha value is -1.86. The van der Waals surface area contributed by atoms with Crippen molar-refractivity contribution < 1.29 is 23.5 Å². The molecule has 0 aromatic heterocycles. The highest BCUT2D eigenvalue weighted by Crippen LogP contribution is 2.25. The van der Waals surface area contributed by atoms with Crippen LogP contribution in [0.25, 0.3) is 0 Å². The first-order valence-corrected chi connectivity index (χ1v) is 7.55. The number of hydrogen-bond acceptors (Lipinski definition) is 4. The number of carbonyl (C=O) groups is 2. The number of anilines is 1. The Morgan fingerprint density at radius 1 is 1.48 bits per heavy atom. The molecule has 1 fully saturated rings. The zero-order valence-corrected chi connectivity index (χ0v) is 13.7. The van der Waals surface area contributed by atoms with E-state index >= 15 is 0 Å². The van der Waals surface area contributed by atoms with E-state index in [1.165, 1.54) is 12.1 Å². The lowest BCUT2D eigenvalue weighted by atomic mass is 10.2. The fraction of sp³-hybridized carbons (Fsp3) is 0.467. The summed E-state index contributed by atoms with van der Waals surface area (Å²) in [6, 6.07) is 2.09. The highest BCUT2D eigenvalue weighted by molar-refractivity contribution is 6.31. The normalized spacial score (nSPS) is 18.3. The lowest BCUT2D eigenvalue weighted by molar-refractivity contribution is 0.0595. The van der Waals surface area contributed by atoms with Gasteiger partial charge in [-0.2, -0.15) is 0 Å². The molecule has 126 valence electrons. The summed E-state index contributed by atoms with van der Waals surface area (Å²) in [6.07, 6.45) is 0.667. The summed E-state index contributed by atoms with van der Waals surface area (Å²) < 4.78 is 23.8. The molecule has 1 aromatic rings. The van der Waals surface area contributed by atoms with E-state index in [9.17, 15) is 14.0 Å². The number of esters is 1. The summed E-state index contributed by atoms with van der Waals surface area (Å²) in [5.41, 5.74) is -0.109. The number of ether oxygens (including phenoxy) is 2. The SMILES string of the molecule is COC(=O)c1cc(NC(=O)N2CCCOC(C)C2)cc(Cl)c1F. The van der Waals surface area contributed by atoms with Crippen molar-refractivity contribution in [2.75, 3.05) is 32.1 Å². The minimum Gasteiger partial charge on any atom is -0.465 e. The zero-order valence-electron chi connectivity index (χ0n) is 12.9. The number of amides is 2. The smallest absolute Gasteiger partial charge is 0.340 e. The van der Waals surface area contributed by atoms with Crippen molar-refractivity contribution in [2.45, 2.75) is 19.4 Å². The number of rotatable bonds is 2. The van der Waals surface area contributed by atoms with Crippen LogP contribution in [-0.2, 0) is 9.47 Å². The van der Waals surface area contributed by atoms with Crippen LogP contribution in [0.2, 0.25) is 5.02 Å². The monoisotopic (exact) mass is 344 g/mol. The maximum absolute atomic E-state index is 13.8. The van der Waals surface area contributed by atoms with Gasteiger partial charge in [0.05, 0.1) is 23.8 Å². The van der Waals surface area contributed by atoms with Crippen LogP contribution in [0, 0.1) is 5.82 Å². The van der Waals surface area contributed by atoms with Crippen molar-refractivity contribution in [1.82, 2.24) is 4.90 Å². The van der Waals surface area contributed by atoms with Gasteiger partial charge in [0.25, 0.3) is 0 Å². The fourth-order valence-corrected chi connectivity index (χ4v) is 2.52. The van der Waals surface area contributed by atoms with Crippen LogP contribution in [-0.4, -0.2) is 49.8 Å². The van der Waals surface area contributed by atoms with Crippen LogP contribution >= 0.6 is 11.6 Å². The molecule has 0 saturated carbocycles. The topological polar surface area (TPSA) is 67.9 Å². The van der Waals surface area contributed by atoms with Crippen molar-refractivity contribution in [2.24, 2.45) is 0 Å². The standard InChI is InChI=1S/C15H18ClFN2O4/c1-9-8-19(4-3-5-23-9)15(21)18-10-6-11(14(20)22-2)13(17)12(16)7-10/h6-7,9H,3-5,8H2,1-2H3,(H,18,21). The van der Waals surface area contributed by atoms with Gasteiger partial charge >= 0.3 is 12.0 Å². The Morgan fingerprint density at radius 3 is 2.91 bits per heavy atom. The third-order valence-corrected chi connectivity index (χ3v) is 3.70. The average molecular weight is 345 g/mol. The van der Waals surface area contributed by atoms with Gasteiger partial charge in [0.2, 0.25) is 0 Å². The van der Waals surface area contributed by atoms with E-state index in [0.29, 0.717) is 19.7 Å². The highest BCUT2D eigenvalue weighted by atomic mass is 35.5. The molecule has 0 radical (unpaired) electrons. The number of nitrogens with one attached hydrogen (secondary N) is 1. The minimum atomic E-state index is -0.881. The van der Waals surface area contributed by atoms with Crippen LogP contribution in [0.5, 0.6) is 0 Å². The van der Waals surface area contributed by atoms with E-state index in [1.807, 2.05) is 6.92 Å². The van der Waals surface area contributed by atoms with E-state index in [2.05, 4.69) is 10.1 Å². The van der Waals surface area contributed by atoms with Gasteiger partial charge in [-0.15, -0.1) is 0 Å². The van der Waals surface area contributed by atoms with Crippen molar-refractivity contribution in [3.63, 3.8) is 0 Å². The van der Waals surface area contributed by atoms with Gasteiger partial charge in [-0.05, 0) is 25.5 Å². The van der Waals surface area contributed by atoms with Gasteiger partial charge in [0.1, 0.15) is 0 Å². The predicted molar refractivity (Wildman–Crippen MR) is 83.4 cm³/mol. The molecule has 0 bridgehead atoms. The second-order valence-corrected chi connectivity index (χ2v) is 5.63. The van der Waals surface area contributed by atoms with Gasteiger partial charge in [-0.25, -0.2) is 14.0 Å². The molecule has 6 nitrogen and oxygen atoms in total. The van der Waals surface area contributed by atoms with E-state index < -0.39 is 11.8 Å². The van der Waals surface area contributed by atoms with E-state index in [0.717, 1.165) is 13.5 Å². The summed E-state index contributed by atoms with van der Waals surface area (Å²) in [5.74, 6) is -1.74. The van der Waals surface area contributed by atoms with Crippen LogP contribution in [0.15, 0.2) is 12.1 Å². The largest absolute Gasteiger partial charge is 0.465 e. The van der Waals surface area contributed by atoms with E-state index in [1.54, 1.807) is 4.90 Å². The molecule has 2 amide bonds. The molecule has 1 atom stereocenters. The van der Waals surface area contributed by atoms with Crippen LogP contribution in [0.4, 0.5) is 14.9 Å². The van der Waals surface area contributed by atoms with E-state index in [-0.39, 0.29) is 28.4 Å². The van der Waals surface area contributed by atoms with Crippen molar-refractivity contribution in [3.8, 4) is 0 Å². The Morgan fingerprint density at radius 2 is 2.22 bits per heavy atom. The number of urea groups is 1. The number of benzene rings is 1. The second kappa shape index (κ2) is 7.61. The number of hydrogen-bond donors (Lipinski definition) is 1. The Labute approximate surface area is 138 Å². The molecular formula is C15H18ClFN2O4. The number of carbonyl (C=O) groups excluding carboxylic acids is 2. The zero-order chi connectivity index (χ0) is 17.0. The van der Waals surface area contributed by atoms with Gasteiger partial charge in [0.15, 0.2) is 5.82 Å². The summed E-state index contributed by atoms with van der Waals surface area (Å²) in [4.78, 5) is 25.5. The lowest BCUT2D eigenvalue weighted by Crippen LogP contribution is -2.39. The predicted octanol–water partition coefficient (Wildman–Crippen LogP) is 2.91. The Kier molecular flexibility index (Phi) is 5.79. The third kappa shape index (κ3) is 4.33. The van der Waals surface area contributed by atoms with Gasteiger partial charge in [-0.1, -0.05) is 11.6 Å². The summed E-state index contributed by atoms with van der Waals surface area (Å²) >= 11 is 5.77. The first-order chi connectivity index (χ1) is 10.9. The van der Waals surface area contributed by atoms with Crippen molar-refractivity contribution in [1.29, 1.82) is 0 Å². The maximum atomic E-state index is 13.8. The Balaban J connectivity index is 2.17. The van der Waals surface area contributed by atoms with Crippen molar-refractivity contribution >= 4 is 29.3 Å². The number of methoxy groups -OCH3 is 1. The van der Waals surface area contributed by atoms with Crippen LogP contribution in [0.3, 0.4) is 0 Å². The molecule has 23 heavy (non-hydrogen) atoms. The quantitative estimate of drug-likeness (QED) is 0.838. The van der Waals surface area contributed by atoms with Gasteiger partial charge in [-0.3, -0.25) is 0 Å². The highest BCUT2D eigenvalue weighted by Gasteiger charge is 2.22. The summed E-state index contributed by atoms with van der Waals surface area (Å²) in [5, 5.41) is 2.35. The number of nitrogens with zero attached hydrogens (tertiary/aromatic N) is 1. The molecule has 0 spiro atoms. The van der Waals surface area contributed by atoms with Crippen molar-refractivity contribution in [3.05, 3.63) is 28.5 Å².